The Kier molecular flexibility index (Phi) is 5.83. The molecule has 1 aliphatic carbocycles. The number of nitrogens with two attached hydrogens (primary N) is 1. The first-order valence-corrected chi connectivity index (χ1v) is 8.59. The van der Waals surface area contributed by atoms with Gasteiger partial charge in [0.2, 0.25) is 0 Å². The van der Waals surface area contributed by atoms with E-state index >= 15 is 0 Å². The van der Waals surface area contributed by atoms with Crippen LogP contribution in [0.2, 0.25) is 0 Å². The first-order chi connectivity index (χ1) is 10.1. The standard InChI is InChI=1S/C19H32N2/c1-4-13-21(15-19(2,3)14-20)18-12-8-6-10-16-9-5-7-11-17(16)18/h5,7,9,11,18H,4,6,8,10,12-15,20H2,1-3H3. The topological polar surface area (TPSA) is 29.3 Å². The van der Waals surface area contributed by atoms with Crippen molar-refractivity contribution < 1.29 is 0 Å². The smallest absolute Gasteiger partial charge is 0.0351 e. The van der Waals surface area contributed by atoms with Gasteiger partial charge in [-0.25, -0.2) is 0 Å². The van der Waals surface area contributed by atoms with E-state index in [-0.39, 0.29) is 5.41 Å². The first kappa shape index (κ1) is 16.5. The van der Waals surface area contributed by atoms with Crippen LogP contribution in [0.4, 0.5) is 0 Å². The Bertz CT molecular complexity index is 439. The van der Waals surface area contributed by atoms with E-state index in [2.05, 4.69) is 49.9 Å². The largest absolute Gasteiger partial charge is 0.330 e. The zero-order valence-electron chi connectivity index (χ0n) is 14.1. The van der Waals surface area contributed by atoms with Crippen LogP contribution in [0.5, 0.6) is 0 Å². The molecule has 0 spiro atoms. The van der Waals surface area contributed by atoms with Gasteiger partial charge in [-0.15, -0.1) is 0 Å². The summed E-state index contributed by atoms with van der Waals surface area (Å²) in [5.41, 5.74) is 9.30. The molecule has 118 valence electrons. The fourth-order valence-corrected chi connectivity index (χ4v) is 3.52. The van der Waals surface area contributed by atoms with Gasteiger partial charge in [0.25, 0.3) is 0 Å². The monoisotopic (exact) mass is 288 g/mol. The van der Waals surface area contributed by atoms with Crippen molar-refractivity contribution in [2.45, 2.75) is 58.9 Å². The third kappa shape index (κ3) is 4.31. The summed E-state index contributed by atoms with van der Waals surface area (Å²) in [7, 11) is 0. The van der Waals surface area contributed by atoms with Gasteiger partial charge in [-0.3, -0.25) is 4.90 Å². The van der Waals surface area contributed by atoms with Crippen molar-refractivity contribution in [2.75, 3.05) is 19.6 Å². The van der Waals surface area contributed by atoms with Crippen LogP contribution in [-0.2, 0) is 6.42 Å². The van der Waals surface area contributed by atoms with Crippen LogP contribution in [0.25, 0.3) is 0 Å². The maximum atomic E-state index is 5.98. The lowest BCUT2D eigenvalue weighted by molar-refractivity contribution is 0.125. The zero-order valence-corrected chi connectivity index (χ0v) is 14.1. The average molecular weight is 288 g/mol. The van der Waals surface area contributed by atoms with Crippen molar-refractivity contribution in [3.05, 3.63) is 35.4 Å². The maximum Gasteiger partial charge on any atom is 0.0351 e. The minimum absolute atomic E-state index is 0.191. The number of hydrogen-bond acceptors (Lipinski definition) is 2. The van der Waals surface area contributed by atoms with Gasteiger partial charge >= 0.3 is 0 Å². The number of benzene rings is 1. The Hall–Kier alpha value is -0.860. The van der Waals surface area contributed by atoms with Crippen LogP contribution in [0, 0.1) is 5.41 Å². The highest BCUT2D eigenvalue weighted by Crippen LogP contribution is 2.34. The Morgan fingerprint density at radius 1 is 1.24 bits per heavy atom. The Balaban J connectivity index is 2.26. The van der Waals surface area contributed by atoms with Gasteiger partial charge in [0, 0.05) is 12.6 Å². The van der Waals surface area contributed by atoms with E-state index < -0.39 is 0 Å². The number of hydrogen-bond donors (Lipinski definition) is 1. The molecule has 0 saturated heterocycles. The summed E-state index contributed by atoms with van der Waals surface area (Å²) in [5, 5.41) is 0. The van der Waals surface area contributed by atoms with Gasteiger partial charge < -0.3 is 5.73 Å². The van der Waals surface area contributed by atoms with Crippen molar-refractivity contribution >= 4 is 0 Å². The molecule has 1 unspecified atom stereocenters. The summed E-state index contributed by atoms with van der Waals surface area (Å²) >= 11 is 0. The molecule has 21 heavy (non-hydrogen) atoms. The van der Waals surface area contributed by atoms with Gasteiger partial charge in [-0.1, -0.05) is 51.5 Å². The average Bonchev–Trinajstić information content (AvgIpc) is 2.69. The van der Waals surface area contributed by atoms with Gasteiger partial charge in [-0.05, 0) is 55.3 Å². The van der Waals surface area contributed by atoms with Gasteiger partial charge in [0.15, 0.2) is 0 Å². The Labute approximate surface area is 130 Å². The number of nitrogens with zero attached hydrogens (tertiary/aromatic N) is 1. The molecule has 0 radical (unpaired) electrons. The maximum absolute atomic E-state index is 5.98. The van der Waals surface area contributed by atoms with Crippen molar-refractivity contribution in [1.82, 2.24) is 4.90 Å². The van der Waals surface area contributed by atoms with E-state index in [1.54, 1.807) is 11.1 Å². The number of aryl methyl sites for hydroxylation is 1. The van der Waals surface area contributed by atoms with Crippen LogP contribution in [0.1, 0.15) is 63.6 Å². The van der Waals surface area contributed by atoms with Gasteiger partial charge in [0.05, 0.1) is 0 Å². The Morgan fingerprint density at radius 2 is 2.00 bits per heavy atom. The summed E-state index contributed by atoms with van der Waals surface area (Å²) in [5.74, 6) is 0. The van der Waals surface area contributed by atoms with Crippen LogP contribution >= 0.6 is 0 Å². The Morgan fingerprint density at radius 3 is 2.71 bits per heavy atom. The summed E-state index contributed by atoms with van der Waals surface area (Å²) in [6.45, 7) is 9.88. The lowest BCUT2D eigenvalue weighted by atomic mass is 9.90. The van der Waals surface area contributed by atoms with E-state index in [1.165, 1.54) is 38.6 Å². The zero-order chi connectivity index (χ0) is 15.3. The number of rotatable bonds is 6. The van der Waals surface area contributed by atoms with Crippen LogP contribution in [-0.4, -0.2) is 24.5 Å². The summed E-state index contributed by atoms with van der Waals surface area (Å²) in [6.07, 6.45) is 6.40. The van der Waals surface area contributed by atoms with Crippen LogP contribution in [0.15, 0.2) is 24.3 Å². The molecule has 2 nitrogen and oxygen atoms in total. The highest BCUT2D eigenvalue weighted by molar-refractivity contribution is 5.31. The lowest BCUT2D eigenvalue weighted by Gasteiger charge is -2.38. The third-order valence-electron chi connectivity index (χ3n) is 4.72. The fraction of sp³-hybridized carbons (Fsp3) is 0.684. The van der Waals surface area contributed by atoms with E-state index in [0.29, 0.717) is 6.04 Å². The van der Waals surface area contributed by atoms with Crippen molar-refractivity contribution in [3.63, 3.8) is 0 Å². The molecule has 0 heterocycles. The normalized spacial score (nSPS) is 19.4. The predicted molar refractivity (Wildman–Crippen MR) is 91.4 cm³/mol. The minimum Gasteiger partial charge on any atom is -0.330 e. The molecule has 0 aliphatic heterocycles. The molecule has 0 aromatic heterocycles. The highest BCUT2D eigenvalue weighted by Gasteiger charge is 2.28. The third-order valence-corrected chi connectivity index (χ3v) is 4.72. The van der Waals surface area contributed by atoms with E-state index in [1.807, 2.05) is 0 Å². The van der Waals surface area contributed by atoms with E-state index in [0.717, 1.165) is 13.1 Å². The summed E-state index contributed by atoms with van der Waals surface area (Å²) in [6, 6.07) is 9.65. The molecular formula is C19H32N2. The molecule has 0 saturated carbocycles. The van der Waals surface area contributed by atoms with Crippen LogP contribution in [0.3, 0.4) is 0 Å². The second-order valence-corrected chi connectivity index (χ2v) is 7.30. The molecule has 0 bridgehead atoms. The summed E-state index contributed by atoms with van der Waals surface area (Å²) in [4.78, 5) is 2.69. The predicted octanol–water partition coefficient (Wildman–Crippen LogP) is 4.15. The van der Waals surface area contributed by atoms with E-state index in [9.17, 15) is 0 Å². The second-order valence-electron chi connectivity index (χ2n) is 7.30. The van der Waals surface area contributed by atoms with Crippen molar-refractivity contribution in [3.8, 4) is 0 Å². The molecule has 2 rings (SSSR count). The molecule has 0 amide bonds. The lowest BCUT2D eigenvalue weighted by Crippen LogP contribution is -2.41. The molecular weight excluding hydrogens is 256 g/mol. The molecule has 2 heteroatoms. The number of fused-ring (bicyclic) bond motifs is 1. The summed E-state index contributed by atoms with van der Waals surface area (Å²) < 4.78 is 0. The van der Waals surface area contributed by atoms with Crippen molar-refractivity contribution in [2.24, 2.45) is 11.1 Å². The van der Waals surface area contributed by atoms with Gasteiger partial charge in [-0.2, -0.15) is 0 Å². The second kappa shape index (κ2) is 7.42. The van der Waals surface area contributed by atoms with Crippen molar-refractivity contribution in [1.29, 1.82) is 0 Å². The fourth-order valence-electron chi connectivity index (χ4n) is 3.52. The molecule has 1 aromatic carbocycles. The van der Waals surface area contributed by atoms with Gasteiger partial charge in [0.1, 0.15) is 0 Å². The van der Waals surface area contributed by atoms with E-state index in [4.69, 9.17) is 5.73 Å². The molecule has 2 N–H and O–H groups in total. The molecule has 1 aromatic rings. The first-order valence-electron chi connectivity index (χ1n) is 8.59. The highest BCUT2D eigenvalue weighted by atomic mass is 15.2. The molecule has 1 atom stereocenters. The molecule has 0 fully saturated rings. The molecule has 1 aliphatic rings. The van der Waals surface area contributed by atoms with Crippen LogP contribution < -0.4 is 5.73 Å². The minimum atomic E-state index is 0.191. The SMILES string of the molecule is CCCN(CC(C)(C)CN)C1CCCCc2ccccc21. The quantitative estimate of drug-likeness (QED) is 0.797.